The molecule has 156 valence electrons. The summed E-state index contributed by atoms with van der Waals surface area (Å²) in [6.07, 6.45) is 4.11. The molecule has 1 heterocycles. The summed E-state index contributed by atoms with van der Waals surface area (Å²) in [6, 6.07) is 6.04. The smallest absolute Gasteiger partial charge is 0.325 e. The van der Waals surface area contributed by atoms with Crippen LogP contribution in [-0.2, 0) is 15.1 Å². The molecular weight excluding hydrogens is 372 g/mol. The Balaban J connectivity index is 1.62. The van der Waals surface area contributed by atoms with E-state index in [1.54, 1.807) is 19.1 Å². The highest BCUT2D eigenvalue weighted by molar-refractivity contribution is 6.10. The molecule has 0 radical (unpaired) electrons. The molecule has 1 aliphatic heterocycles. The summed E-state index contributed by atoms with van der Waals surface area (Å²) >= 11 is 0. The Bertz CT molecular complexity index is 840. The van der Waals surface area contributed by atoms with Crippen LogP contribution >= 0.6 is 0 Å². The van der Waals surface area contributed by atoms with Crippen molar-refractivity contribution in [1.82, 2.24) is 20.9 Å². The van der Waals surface area contributed by atoms with Crippen LogP contribution in [0.1, 0.15) is 50.7 Å². The van der Waals surface area contributed by atoms with Crippen LogP contribution in [-0.4, -0.2) is 41.4 Å². The zero-order valence-electron chi connectivity index (χ0n) is 17.1. The number of carbonyl (C=O) groups excluding carboxylic acids is 4. The molecule has 2 aliphatic rings. The van der Waals surface area contributed by atoms with Crippen molar-refractivity contribution < 1.29 is 19.2 Å². The van der Waals surface area contributed by atoms with Gasteiger partial charge in [0.25, 0.3) is 5.91 Å². The molecule has 3 atom stereocenters. The van der Waals surface area contributed by atoms with E-state index in [9.17, 15) is 19.2 Å². The van der Waals surface area contributed by atoms with Gasteiger partial charge >= 0.3 is 12.1 Å². The van der Waals surface area contributed by atoms with Crippen LogP contribution in [0.25, 0.3) is 0 Å². The number of rotatable bonds is 4. The summed E-state index contributed by atoms with van der Waals surface area (Å²) < 4.78 is 0. The molecule has 1 saturated heterocycles. The molecule has 1 saturated carbocycles. The summed E-state index contributed by atoms with van der Waals surface area (Å²) in [5, 5.41) is 7.73. The molecule has 3 rings (SSSR count). The number of imide groups is 2. The van der Waals surface area contributed by atoms with Crippen LogP contribution in [0.3, 0.4) is 0 Å². The first-order valence-corrected chi connectivity index (χ1v) is 10.0. The van der Waals surface area contributed by atoms with E-state index in [-0.39, 0.29) is 6.04 Å². The number of carbonyl (C=O) groups is 4. The predicted molar refractivity (Wildman–Crippen MR) is 107 cm³/mol. The Labute approximate surface area is 170 Å². The topological polar surface area (TPSA) is 108 Å². The number of nitrogens with one attached hydrogen (secondary N) is 3. The first-order valence-electron chi connectivity index (χ1n) is 10.0. The third-order valence-electron chi connectivity index (χ3n) is 5.94. The number of benzene rings is 1. The SMILES string of the molecule is Cc1ccccc1C1(C)NC(=O)N(CC(=O)NC(=O)NC2CCCCC2C)C1=O. The lowest BCUT2D eigenvalue weighted by Crippen LogP contribution is -2.50. The zero-order valence-corrected chi connectivity index (χ0v) is 17.1. The second kappa shape index (κ2) is 8.23. The lowest BCUT2D eigenvalue weighted by Gasteiger charge is -2.29. The number of amides is 6. The third kappa shape index (κ3) is 4.26. The number of urea groups is 2. The average Bonchev–Trinajstić information content (AvgIpc) is 2.87. The van der Waals surface area contributed by atoms with E-state index in [1.165, 1.54) is 0 Å². The zero-order chi connectivity index (χ0) is 21.2. The highest BCUT2D eigenvalue weighted by atomic mass is 16.2. The molecule has 2 fully saturated rings. The van der Waals surface area contributed by atoms with E-state index in [2.05, 4.69) is 22.9 Å². The molecule has 8 heteroatoms. The highest BCUT2D eigenvalue weighted by Crippen LogP contribution is 2.30. The van der Waals surface area contributed by atoms with Crippen LogP contribution < -0.4 is 16.0 Å². The molecule has 0 aromatic heterocycles. The van der Waals surface area contributed by atoms with Gasteiger partial charge in [-0.25, -0.2) is 9.59 Å². The largest absolute Gasteiger partial charge is 0.335 e. The standard InChI is InChI=1S/C21H28N4O4/c1-13-8-4-6-10-15(13)21(3)18(27)25(20(29)24-21)12-17(26)23-19(28)22-16-11-7-5-9-14(16)2/h4,6,8,10,14,16H,5,7,9,11-12H2,1-3H3,(H,24,29)(H2,22,23,26,28). The first kappa shape index (κ1) is 20.8. The van der Waals surface area contributed by atoms with Crippen molar-refractivity contribution in [3.63, 3.8) is 0 Å². The van der Waals surface area contributed by atoms with E-state index in [1.807, 2.05) is 19.1 Å². The van der Waals surface area contributed by atoms with Gasteiger partial charge in [0, 0.05) is 6.04 Å². The molecule has 6 amide bonds. The number of hydrogen-bond donors (Lipinski definition) is 3. The summed E-state index contributed by atoms with van der Waals surface area (Å²) in [6.45, 7) is 5.03. The molecule has 0 spiro atoms. The number of aryl methyl sites for hydroxylation is 1. The number of hydrogen-bond acceptors (Lipinski definition) is 4. The van der Waals surface area contributed by atoms with Crippen molar-refractivity contribution in [2.24, 2.45) is 5.92 Å². The van der Waals surface area contributed by atoms with Gasteiger partial charge in [-0.15, -0.1) is 0 Å². The molecule has 29 heavy (non-hydrogen) atoms. The van der Waals surface area contributed by atoms with Crippen LogP contribution in [0.4, 0.5) is 9.59 Å². The maximum absolute atomic E-state index is 12.9. The highest BCUT2D eigenvalue weighted by Gasteiger charge is 2.50. The Morgan fingerprint density at radius 3 is 2.59 bits per heavy atom. The van der Waals surface area contributed by atoms with Gasteiger partial charge in [0.1, 0.15) is 12.1 Å². The summed E-state index contributed by atoms with van der Waals surface area (Å²) in [4.78, 5) is 50.6. The molecule has 0 bridgehead atoms. The Morgan fingerprint density at radius 1 is 1.21 bits per heavy atom. The van der Waals surface area contributed by atoms with Gasteiger partial charge in [-0.3, -0.25) is 19.8 Å². The lowest BCUT2D eigenvalue weighted by molar-refractivity contribution is -0.134. The van der Waals surface area contributed by atoms with Crippen molar-refractivity contribution in [3.05, 3.63) is 35.4 Å². The van der Waals surface area contributed by atoms with E-state index in [0.717, 1.165) is 36.1 Å². The van der Waals surface area contributed by atoms with Gasteiger partial charge in [-0.2, -0.15) is 0 Å². The maximum atomic E-state index is 12.9. The molecular formula is C21H28N4O4. The van der Waals surface area contributed by atoms with Gasteiger partial charge in [0.15, 0.2) is 0 Å². The van der Waals surface area contributed by atoms with Gasteiger partial charge in [-0.05, 0) is 43.7 Å². The van der Waals surface area contributed by atoms with Crippen LogP contribution in [0.2, 0.25) is 0 Å². The first-order chi connectivity index (χ1) is 13.7. The summed E-state index contributed by atoms with van der Waals surface area (Å²) in [5.41, 5.74) is 0.281. The Hall–Kier alpha value is -2.90. The molecule has 8 nitrogen and oxygen atoms in total. The fraction of sp³-hybridized carbons (Fsp3) is 0.524. The summed E-state index contributed by atoms with van der Waals surface area (Å²) in [7, 11) is 0. The van der Waals surface area contributed by atoms with Crippen molar-refractivity contribution in [2.75, 3.05) is 6.54 Å². The minimum Gasteiger partial charge on any atom is -0.335 e. The van der Waals surface area contributed by atoms with E-state index in [4.69, 9.17) is 0 Å². The van der Waals surface area contributed by atoms with E-state index >= 15 is 0 Å². The van der Waals surface area contributed by atoms with Gasteiger partial charge in [0.05, 0.1) is 0 Å². The van der Waals surface area contributed by atoms with Crippen molar-refractivity contribution in [2.45, 2.75) is 58.0 Å². The fourth-order valence-corrected chi connectivity index (χ4v) is 4.20. The van der Waals surface area contributed by atoms with Crippen molar-refractivity contribution in [1.29, 1.82) is 0 Å². The van der Waals surface area contributed by atoms with Crippen LogP contribution in [0.5, 0.6) is 0 Å². The minimum atomic E-state index is -1.25. The minimum absolute atomic E-state index is 0.0256. The fourth-order valence-electron chi connectivity index (χ4n) is 4.20. The van der Waals surface area contributed by atoms with Gasteiger partial charge in [-0.1, -0.05) is 44.0 Å². The molecule has 1 aliphatic carbocycles. The lowest BCUT2D eigenvalue weighted by atomic mass is 9.86. The Kier molecular flexibility index (Phi) is 5.91. The normalized spacial score (nSPS) is 26.8. The third-order valence-corrected chi connectivity index (χ3v) is 5.94. The van der Waals surface area contributed by atoms with Crippen LogP contribution in [0, 0.1) is 12.8 Å². The summed E-state index contributed by atoms with van der Waals surface area (Å²) in [5.74, 6) is -0.873. The molecule has 3 N–H and O–H groups in total. The molecule has 1 aromatic rings. The monoisotopic (exact) mass is 400 g/mol. The molecule has 3 unspecified atom stereocenters. The second-order valence-electron chi connectivity index (χ2n) is 8.15. The van der Waals surface area contributed by atoms with E-state index in [0.29, 0.717) is 11.5 Å². The van der Waals surface area contributed by atoms with Gasteiger partial charge < -0.3 is 10.6 Å². The van der Waals surface area contributed by atoms with Crippen molar-refractivity contribution in [3.8, 4) is 0 Å². The molecule has 1 aromatic carbocycles. The average molecular weight is 400 g/mol. The quantitative estimate of drug-likeness (QED) is 0.673. The van der Waals surface area contributed by atoms with Gasteiger partial charge in [0.2, 0.25) is 5.91 Å². The Morgan fingerprint density at radius 2 is 1.90 bits per heavy atom. The maximum Gasteiger partial charge on any atom is 0.325 e. The predicted octanol–water partition coefficient (Wildman–Crippen LogP) is 2.17. The van der Waals surface area contributed by atoms with Crippen LogP contribution in [0.15, 0.2) is 24.3 Å². The van der Waals surface area contributed by atoms with E-state index < -0.39 is 36.0 Å². The second-order valence-corrected chi connectivity index (χ2v) is 8.15. The van der Waals surface area contributed by atoms with Crippen molar-refractivity contribution >= 4 is 23.9 Å². The number of nitrogens with zero attached hydrogens (tertiary/aromatic N) is 1.